The Bertz CT molecular complexity index is 2460. The van der Waals surface area contributed by atoms with Crippen LogP contribution in [-0.2, 0) is 45.4 Å². The van der Waals surface area contributed by atoms with Crippen LogP contribution in [-0.4, -0.2) is 26.4 Å². The lowest BCUT2D eigenvalue weighted by Crippen LogP contribution is -1.97. The first kappa shape index (κ1) is 64.0. The first-order valence-electron chi connectivity index (χ1n) is 30.5. The van der Waals surface area contributed by atoms with Gasteiger partial charge in [0.1, 0.15) is 0 Å². The maximum atomic E-state index is 6.18. The second kappa shape index (κ2) is 42.1. The third-order valence-corrected chi connectivity index (χ3v) is 13.5. The molecule has 4 aromatic rings. The highest BCUT2D eigenvalue weighted by atomic mass is 16.5. The summed E-state index contributed by atoms with van der Waals surface area (Å²) in [5, 5.41) is 0. The van der Waals surface area contributed by atoms with Crippen LogP contribution in [0.15, 0.2) is 72.8 Å². The Morgan fingerprint density at radius 3 is 0.550 bits per heavy atom. The summed E-state index contributed by atoms with van der Waals surface area (Å²) < 4.78 is 24.7. The number of fused-ring (bicyclic) bond motifs is 8. The van der Waals surface area contributed by atoms with E-state index < -0.39 is 0 Å². The van der Waals surface area contributed by atoms with Crippen LogP contribution in [0.3, 0.4) is 0 Å². The molecule has 0 amide bonds. The molecule has 0 atom stereocenters. The first-order chi connectivity index (χ1) is 39.5. The second-order valence-electron chi connectivity index (χ2n) is 21.0. The quantitative estimate of drug-likeness (QED) is 0.0336. The molecule has 4 nitrogen and oxygen atoms in total. The van der Waals surface area contributed by atoms with E-state index in [4.69, 9.17) is 18.9 Å². The van der Waals surface area contributed by atoms with Gasteiger partial charge >= 0.3 is 0 Å². The van der Waals surface area contributed by atoms with E-state index in [0.717, 1.165) is 92.4 Å². The van der Waals surface area contributed by atoms with Gasteiger partial charge in [0.15, 0.2) is 0 Å². The van der Waals surface area contributed by atoms with Crippen LogP contribution in [0, 0.1) is 94.7 Å². The Morgan fingerprint density at radius 2 is 0.375 bits per heavy atom. The molecule has 0 unspecified atom stereocenters. The summed E-state index contributed by atoms with van der Waals surface area (Å²) in [4.78, 5) is 0. The monoisotopic (exact) mass is 1060 g/mol. The molecule has 5 rings (SSSR count). The van der Waals surface area contributed by atoms with Gasteiger partial charge in [-0.1, -0.05) is 203 Å². The van der Waals surface area contributed by atoms with E-state index in [9.17, 15) is 0 Å². The molecule has 0 saturated carbocycles. The van der Waals surface area contributed by atoms with Crippen molar-refractivity contribution in [1.29, 1.82) is 0 Å². The van der Waals surface area contributed by atoms with E-state index in [0.29, 0.717) is 52.9 Å². The summed E-state index contributed by atoms with van der Waals surface area (Å²) in [6, 6.07) is 24.5. The van der Waals surface area contributed by atoms with E-state index in [1.807, 2.05) is 24.3 Å². The lowest BCUT2D eigenvalue weighted by Gasteiger charge is -2.06. The molecule has 0 heterocycles. The summed E-state index contributed by atoms with van der Waals surface area (Å²) in [5.41, 5.74) is 10.5. The predicted molar refractivity (Wildman–Crippen MR) is 333 cm³/mol. The van der Waals surface area contributed by atoms with Crippen molar-refractivity contribution < 1.29 is 18.9 Å². The van der Waals surface area contributed by atoms with E-state index in [-0.39, 0.29) is 0 Å². The zero-order valence-electron chi connectivity index (χ0n) is 49.2. The fraction of sp³-hybridized carbons (Fsp3) is 0.474. The number of benzene rings is 4. The summed E-state index contributed by atoms with van der Waals surface area (Å²) in [7, 11) is 0. The zero-order chi connectivity index (χ0) is 56.2. The number of rotatable bonds is 36. The summed E-state index contributed by atoms with van der Waals surface area (Å²) in [6.07, 6.45) is 29.2. The highest BCUT2D eigenvalue weighted by Gasteiger charge is 2.05. The van der Waals surface area contributed by atoms with Crippen molar-refractivity contribution in [3.05, 3.63) is 140 Å². The van der Waals surface area contributed by atoms with Crippen LogP contribution >= 0.6 is 0 Å². The minimum Gasteiger partial charge on any atom is -0.377 e. The van der Waals surface area contributed by atoms with Crippen molar-refractivity contribution >= 4 is 0 Å². The molecule has 0 radical (unpaired) electrons. The van der Waals surface area contributed by atoms with Gasteiger partial charge < -0.3 is 18.9 Å². The number of ether oxygens (including phenoxy) is 4. The fourth-order valence-corrected chi connectivity index (χ4v) is 9.20. The Kier molecular flexibility index (Phi) is 33.7. The number of hydrogen-bond donors (Lipinski definition) is 0. The van der Waals surface area contributed by atoms with Crippen LogP contribution in [0.2, 0.25) is 0 Å². The van der Waals surface area contributed by atoms with E-state index in [1.54, 1.807) is 0 Å². The van der Waals surface area contributed by atoms with Crippen molar-refractivity contribution in [3.8, 4) is 94.7 Å². The van der Waals surface area contributed by atoms with Crippen LogP contribution < -0.4 is 0 Å². The summed E-state index contributed by atoms with van der Waals surface area (Å²) in [6.45, 7) is 13.8. The molecule has 0 saturated heterocycles. The molecular formula is C76H88O4. The van der Waals surface area contributed by atoms with Gasteiger partial charge in [0.05, 0.1) is 26.4 Å². The molecular weight excluding hydrogens is 977 g/mol. The Balaban J connectivity index is 1.50. The smallest absolute Gasteiger partial charge is 0.0717 e. The van der Waals surface area contributed by atoms with Gasteiger partial charge in [-0.3, -0.25) is 0 Å². The number of unbranched alkanes of at least 4 members (excludes halogenated alkanes) is 20. The third kappa shape index (κ3) is 29.4. The van der Waals surface area contributed by atoms with Gasteiger partial charge in [-0.05, 0) is 168 Å². The molecule has 4 heteroatoms. The fourth-order valence-electron chi connectivity index (χ4n) is 9.20. The van der Waals surface area contributed by atoms with Crippen LogP contribution in [0.25, 0.3) is 0 Å². The van der Waals surface area contributed by atoms with Crippen molar-refractivity contribution in [1.82, 2.24) is 0 Å². The van der Waals surface area contributed by atoms with E-state index in [2.05, 4.69) is 171 Å². The molecule has 0 fully saturated rings. The molecule has 416 valence electrons. The van der Waals surface area contributed by atoms with Crippen LogP contribution in [0.5, 0.6) is 0 Å². The number of hydrogen-bond acceptors (Lipinski definition) is 4. The van der Waals surface area contributed by atoms with Gasteiger partial charge in [0.2, 0.25) is 0 Å². The molecule has 80 heavy (non-hydrogen) atoms. The molecule has 0 aromatic heterocycles. The Hall–Kier alpha value is -6.80. The SMILES string of the molecule is CCCCCCCCOCc1cc2cc(c1)C#CC#Cc1cc(cc(COCCCCCCCC)c1)C#CC#Cc1cc(cc(COCCCCCCCC)c1)C#CC#Cc1cc(cc(COCCCCCCCC)c1)C#CC#C2. The van der Waals surface area contributed by atoms with Crippen molar-refractivity contribution in [2.24, 2.45) is 0 Å². The lowest BCUT2D eigenvalue weighted by atomic mass is 10.1. The second-order valence-corrected chi connectivity index (χ2v) is 21.0. The highest BCUT2D eigenvalue weighted by molar-refractivity contribution is 5.56. The molecule has 0 aliphatic heterocycles. The van der Waals surface area contributed by atoms with Crippen molar-refractivity contribution in [2.45, 2.75) is 208 Å². The average molecular weight is 1070 g/mol. The largest absolute Gasteiger partial charge is 0.377 e. The lowest BCUT2D eigenvalue weighted by molar-refractivity contribution is 0.116. The molecule has 0 N–H and O–H groups in total. The van der Waals surface area contributed by atoms with Crippen LogP contribution in [0.1, 0.15) is 249 Å². The molecule has 0 spiro atoms. The highest BCUT2D eigenvalue weighted by Crippen LogP contribution is 2.17. The van der Waals surface area contributed by atoms with Gasteiger partial charge in [0.25, 0.3) is 0 Å². The predicted octanol–water partition coefficient (Wildman–Crippen LogP) is 17.1. The van der Waals surface area contributed by atoms with Gasteiger partial charge in [0, 0.05) is 70.9 Å². The Labute approximate surface area is 485 Å². The topological polar surface area (TPSA) is 36.9 Å². The third-order valence-electron chi connectivity index (χ3n) is 13.5. The average Bonchev–Trinajstić information content (AvgIpc) is 3.46. The minimum absolute atomic E-state index is 0.474. The van der Waals surface area contributed by atoms with Gasteiger partial charge in [-0.2, -0.15) is 0 Å². The van der Waals surface area contributed by atoms with Gasteiger partial charge in [-0.25, -0.2) is 0 Å². The summed E-state index contributed by atoms with van der Waals surface area (Å²) >= 11 is 0. The normalized spacial score (nSPS) is 11.1. The minimum atomic E-state index is 0.474. The summed E-state index contributed by atoms with van der Waals surface area (Å²) in [5.74, 6) is 51.3. The van der Waals surface area contributed by atoms with E-state index >= 15 is 0 Å². The van der Waals surface area contributed by atoms with E-state index in [1.165, 1.54) is 128 Å². The zero-order valence-corrected chi connectivity index (χ0v) is 49.2. The molecule has 8 bridgehead atoms. The van der Waals surface area contributed by atoms with Gasteiger partial charge in [-0.15, -0.1) is 0 Å². The van der Waals surface area contributed by atoms with Crippen molar-refractivity contribution in [2.75, 3.05) is 26.4 Å². The molecule has 1 aliphatic carbocycles. The maximum absolute atomic E-state index is 6.18. The Morgan fingerprint density at radius 1 is 0.212 bits per heavy atom. The first-order valence-corrected chi connectivity index (χ1v) is 30.5. The van der Waals surface area contributed by atoms with Crippen LogP contribution in [0.4, 0.5) is 0 Å². The van der Waals surface area contributed by atoms with Crippen molar-refractivity contribution in [3.63, 3.8) is 0 Å². The standard InChI is InChI=1S/C76H88O4/c1-5-9-13-17-21-33-45-77-61-73-53-65-37-25-27-39-67-50-69(57-74(55-67)62-78-46-34-22-18-14-10-6-2)41-29-31-43-71-52-72(60-76(59-71)64-80-48-36-24-20-16-12-8-4)44-32-30-42-70-51-68(40-28-26-38-66(49-65)54-73)56-75(58-70)63-79-47-35-23-19-15-11-7-3/h49-60H,5-24,33-36,45-48,61-64H2,1-4H3. The molecule has 4 aromatic carbocycles. The molecule has 1 aliphatic rings. The maximum Gasteiger partial charge on any atom is 0.0717 e.